The molecule has 20 heavy (non-hydrogen) atoms. The molecule has 0 unspecified atom stereocenters. The number of aromatic nitrogens is 3. The molecule has 0 saturated heterocycles. The molecule has 0 fully saturated rings. The number of hydrogen-bond acceptors (Lipinski definition) is 3. The van der Waals surface area contributed by atoms with Gasteiger partial charge in [0.15, 0.2) is 5.65 Å². The van der Waals surface area contributed by atoms with Gasteiger partial charge in [0.05, 0.1) is 18.4 Å². The van der Waals surface area contributed by atoms with Gasteiger partial charge >= 0.3 is 0 Å². The molecule has 6 heteroatoms. The van der Waals surface area contributed by atoms with Crippen LogP contribution in [0.5, 0.6) is 0 Å². The van der Waals surface area contributed by atoms with Gasteiger partial charge in [0.2, 0.25) is 0 Å². The van der Waals surface area contributed by atoms with Crippen LogP contribution in [-0.2, 0) is 6.54 Å². The topological polar surface area (TPSA) is 79.5 Å². The summed E-state index contributed by atoms with van der Waals surface area (Å²) in [5.74, 6) is 0. The standard InChI is InChI=1S/C14H12N6/c1-10-4-2-3-5-13(10)20-7-6-12-14(20)16-8-11(18-12)9-17-19-15/h2-8H,9H2,1H3. The third-order valence-corrected chi connectivity index (χ3v) is 3.11. The Kier molecular flexibility index (Phi) is 3.07. The second-order valence-corrected chi connectivity index (χ2v) is 4.43. The van der Waals surface area contributed by atoms with Crippen LogP contribution < -0.4 is 0 Å². The predicted molar refractivity (Wildman–Crippen MR) is 76.5 cm³/mol. The highest BCUT2D eigenvalue weighted by Gasteiger charge is 2.08. The lowest BCUT2D eigenvalue weighted by atomic mass is 10.2. The Labute approximate surface area is 115 Å². The van der Waals surface area contributed by atoms with E-state index in [1.807, 2.05) is 35.0 Å². The molecular weight excluding hydrogens is 252 g/mol. The van der Waals surface area contributed by atoms with Gasteiger partial charge in [-0.05, 0) is 30.2 Å². The zero-order valence-corrected chi connectivity index (χ0v) is 10.9. The van der Waals surface area contributed by atoms with E-state index in [-0.39, 0.29) is 6.54 Å². The molecule has 0 amide bonds. The summed E-state index contributed by atoms with van der Waals surface area (Å²) < 4.78 is 2.01. The van der Waals surface area contributed by atoms with Crippen LogP contribution >= 0.6 is 0 Å². The van der Waals surface area contributed by atoms with E-state index in [0.717, 1.165) is 16.9 Å². The van der Waals surface area contributed by atoms with Crippen molar-refractivity contribution in [2.24, 2.45) is 5.11 Å². The highest BCUT2D eigenvalue weighted by Crippen LogP contribution is 2.20. The highest BCUT2D eigenvalue weighted by molar-refractivity contribution is 5.74. The van der Waals surface area contributed by atoms with Gasteiger partial charge in [0, 0.05) is 16.8 Å². The van der Waals surface area contributed by atoms with Crippen LogP contribution in [0.4, 0.5) is 0 Å². The van der Waals surface area contributed by atoms with Crippen LogP contribution in [0.1, 0.15) is 11.3 Å². The first-order valence-electron chi connectivity index (χ1n) is 6.19. The summed E-state index contributed by atoms with van der Waals surface area (Å²) in [7, 11) is 0. The first-order valence-corrected chi connectivity index (χ1v) is 6.19. The lowest BCUT2D eigenvalue weighted by molar-refractivity contribution is 0.965. The van der Waals surface area contributed by atoms with E-state index in [1.165, 1.54) is 5.56 Å². The van der Waals surface area contributed by atoms with Crippen LogP contribution in [0.2, 0.25) is 0 Å². The number of fused-ring (bicyclic) bond motifs is 1. The summed E-state index contributed by atoms with van der Waals surface area (Å²) in [5, 5.41) is 3.50. The van der Waals surface area contributed by atoms with Gasteiger partial charge in [-0.2, -0.15) is 0 Å². The minimum absolute atomic E-state index is 0.217. The highest BCUT2D eigenvalue weighted by atomic mass is 15.1. The zero-order valence-electron chi connectivity index (χ0n) is 10.9. The van der Waals surface area contributed by atoms with Crippen LogP contribution in [0.3, 0.4) is 0 Å². The maximum atomic E-state index is 8.33. The van der Waals surface area contributed by atoms with E-state index in [2.05, 4.69) is 33.0 Å². The SMILES string of the molecule is Cc1ccccc1-n1ccc2nc(CN=[N+]=[N-])cnc21. The van der Waals surface area contributed by atoms with Crippen molar-refractivity contribution in [3.05, 3.63) is 64.4 Å². The lowest BCUT2D eigenvalue weighted by Gasteiger charge is -2.07. The molecule has 2 heterocycles. The van der Waals surface area contributed by atoms with Gasteiger partial charge in [0.25, 0.3) is 0 Å². The molecule has 98 valence electrons. The van der Waals surface area contributed by atoms with E-state index in [9.17, 15) is 0 Å². The average Bonchev–Trinajstić information content (AvgIpc) is 2.88. The quantitative estimate of drug-likeness (QED) is 0.412. The molecule has 0 atom stereocenters. The van der Waals surface area contributed by atoms with Crippen molar-refractivity contribution >= 4 is 11.2 Å². The molecule has 0 saturated carbocycles. The summed E-state index contributed by atoms with van der Waals surface area (Å²) >= 11 is 0. The first kappa shape index (κ1) is 12.2. The number of benzene rings is 1. The minimum Gasteiger partial charge on any atom is -0.300 e. The molecule has 1 aromatic carbocycles. The molecule has 0 aliphatic carbocycles. The fourth-order valence-electron chi connectivity index (χ4n) is 2.16. The Morgan fingerprint density at radius 2 is 2.15 bits per heavy atom. The zero-order chi connectivity index (χ0) is 13.9. The predicted octanol–water partition coefficient (Wildman–Crippen LogP) is 3.54. The monoisotopic (exact) mass is 264 g/mol. The maximum absolute atomic E-state index is 8.33. The van der Waals surface area contributed by atoms with Crippen LogP contribution in [0.25, 0.3) is 27.3 Å². The normalized spacial score (nSPS) is 10.4. The molecule has 0 radical (unpaired) electrons. The summed E-state index contributed by atoms with van der Waals surface area (Å²) in [6, 6.07) is 10.0. The van der Waals surface area contributed by atoms with Crippen molar-refractivity contribution in [3.63, 3.8) is 0 Å². The van der Waals surface area contributed by atoms with Crippen molar-refractivity contribution in [3.8, 4) is 5.69 Å². The fourth-order valence-corrected chi connectivity index (χ4v) is 2.16. The second-order valence-electron chi connectivity index (χ2n) is 4.43. The average molecular weight is 264 g/mol. The van der Waals surface area contributed by atoms with Crippen LogP contribution in [0, 0.1) is 6.92 Å². The number of aryl methyl sites for hydroxylation is 1. The molecule has 0 aliphatic heterocycles. The number of azide groups is 1. The molecule has 0 spiro atoms. The third kappa shape index (κ3) is 2.08. The molecule has 6 nitrogen and oxygen atoms in total. The third-order valence-electron chi connectivity index (χ3n) is 3.11. The van der Waals surface area contributed by atoms with Crippen LogP contribution in [0.15, 0.2) is 47.8 Å². The van der Waals surface area contributed by atoms with Crippen molar-refractivity contribution in [1.29, 1.82) is 0 Å². The largest absolute Gasteiger partial charge is 0.300 e. The fraction of sp³-hybridized carbons (Fsp3) is 0.143. The van der Waals surface area contributed by atoms with E-state index in [1.54, 1.807) is 6.20 Å². The molecule has 3 rings (SSSR count). The van der Waals surface area contributed by atoms with Gasteiger partial charge in [0.1, 0.15) is 5.52 Å². The maximum Gasteiger partial charge on any atom is 0.163 e. The Morgan fingerprint density at radius 3 is 2.95 bits per heavy atom. The van der Waals surface area contributed by atoms with E-state index in [4.69, 9.17) is 5.53 Å². The summed E-state index contributed by atoms with van der Waals surface area (Å²) in [4.78, 5) is 11.6. The molecular formula is C14H12N6. The Bertz CT molecular complexity index is 813. The van der Waals surface area contributed by atoms with Crippen molar-refractivity contribution < 1.29 is 0 Å². The van der Waals surface area contributed by atoms with E-state index < -0.39 is 0 Å². The summed E-state index contributed by atoms with van der Waals surface area (Å²) in [6.45, 7) is 2.28. The smallest absolute Gasteiger partial charge is 0.163 e. The molecule has 2 aromatic heterocycles. The Morgan fingerprint density at radius 1 is 1.30 bits per heavy atom. The summed E-state index contributed by atoms with van der Waals surface area (Å²) in [6.07, 6.45) is 3.59. The van der Waals surface area contributed by atoms with Crippen molar-refractivity contribution in [2.75, 3.05) is 0 Å². The minimum atomic E-state index is 0.217. The van der Waals surface area contributed by atoms with Crippen LogP contribution in [-0.4, -0.2) is 14.5 Å². The van der Waals surface area contributed by atoms with Gasteiger partial charge in [-0.15, -0.1) is 0 Å². The van der Waals surface area contributed by atoms with Gasteiger partial charge < -0.3 is 0 Å². The Balaban J connectivity index is 2.11. The van der Waals surface area contributed by atoms with Gasteiger partial charge in [-0.25, -0.2) is 9.97 Å². The molecule has 0 N–H and O–H groups in total. The van der Waals surface area contributed by atoms with E-state index >= 15 is 0 Å². The van der Waals surface area contributed by atoms with Gasteiger partial charge in [-0.3, -0.25) is 4.57 Å². The lowest BCUT2D eigenvalue weighted by Crippen LogP contribution is -1.98. The number of hydrogen-bond donors (Lipinski definition) is 0. The van der Waals surface area contributed by atoms with Crippen molar-refractivity contribution in [2.45, 2.75) is 13.5 Å². The van der Waals surface area contributed by atoms with Gasteiger partial charge in [-0.1, -0.05) is 23.3 Å². The Hall–Kier alpha value is -2.85. The second kappa shape index (κ2) is 5.03. The van der Waals surface area contributed by atoms with Crippen molar-refractivity contribution in [1.82, 2.24) is 14.5 Å². The summed E-state index contributed by atoms with van der Waals surface area (Å²) in [5.41, 5.74) is 12.8. The molecule has 0 aliphatic rings. The van der Waals surface area contributed by atoms with E-state index in [0.29, 0.717) is 5.69 Å². The first-order chi connectivity index (χ1) is 9.79. The molecule has 0 bridgehead atoms. The number of rotatable bonds is 3. The molecule has 3 aromatic rings. The number of nitrogens with zero attached hydrogens (tertiary/aromatic N) is 6. The number of para-hydroxylation sites is 1.